The van der Waals surface area contributed by atoms with Gasteiger partial charge in [0.1, 0.15) is 0 Å². The van der Waals surface area contributed by atoms with E-state index in [1.807, 2.05) is 0 Å². The smallest absolute Gasteiger partial charge is 0.387 e. The second-order valence-corrected chi connectivity index (χ2v) is 4.72. The summed E-state index contributed by atoms with van der Waals surface area (Å²) in [5.74, 6) is -1.89. The van der Waals surface area contributed by atoms with Crippen molar-refractivity contribution in [2.24, 2.45) is 7.05 Å². The van der Waals surface area contributed by atoms with Crippen molar-refractivity contribution in [1.29, 1.82) is 0 Å². The molecule has 0 aliphatic rings. The summed E-state index contributed by atoms with van der Waals surface area (Å²) in [5, 5.41) is 23.6. The summed E-state index contributed by atoms with van der Waals surface area (Å²) in [6.45, 7) is 1.48. The number of aliphatic hydroxyl groups excluding tert-OH is 1. The van der Waals surface area contributed by atoms with Crippen LogP contribution in [-0.2, 0) is 7.05 Å². The van der Waals surface area contributed by atoms with Gasteiger partial charge in [-0.15, -0.1) is 0 Å². The van der Waals surface area contributed by atoms with Gasteiger partial charge < -0.3 is 20.5 Å². The summed E-state index contributed by atoms with van der Waals surface area (Å²) < 4.78 is 27.5. The van der Waals surface area contributed by atoms with Crippen LogP contribution in [0.25, 0.3) is 0 Å². The van der Waals surface area contributed by atoms with Gasteiger partial charge in [-0.25, -0.2) is 8.78 Å². The maximum Gasteiger partial charge on any atom is 0.406 e. The topological polar surface area (TPSA) is 93.2 Å². The molecule has 0 radical (unpaired) electrons. The number of anilines is 1. The van der Waals surface area contributed by atoms with Crippen molar-refractivity contribution in [2.45, 2.75) is 13.0 Å². The Morgan fingerprint density at radius 1 is 1.45 bits per heavy atom. The van der Waals surface area contributed by atoms with E-state index in [9.17, 15) is 24.0 Å². The van der Waals surface area contributed by atoms with Gasteiger partial charge in [0.2, 0.25) is 11.6 Å². The molecular weight excluding hydrogens is 298 g/mol. The summed E-state index contributed by atoms with van der Waals surface area (Å²) in [5.41, 5.74) is 0.160. The van der Waals surface area contributed by atoms with Crippen LogP contribution in [0.5, 0.6) is 0 Å². The van der Waals surface area contributed by atoms with E-state index >= 15 is 0 Å². The molecule has 9 heteroatoms. The zero-order chi connectivity index (χ0) is 16.4. The largest absolute Gasteiger partial charge is 0.406 e. The van der Waals surface area contributed by atoms with E-state index in [1.165, 1.54) is 10.6 Å². The highest BCUT2D eigenvalue weighted by Gasteiger charge is 2.24. The number of aromatic nitrogens is 2. The van der Waals surface area contributed by atoms with Gasteiger partial charge in [0, 0.05) is 20.5 Å². The van der Waals surface area contributed by atoms with Gasteiger partial charge >= 0.3 is 5.82 Å². The van der Waals surface area contributed by atoms with Gasteiger partial charge in [0.15, 0.2) is 11.6 Å². The Morgan fingerprint density at radius 2 is 2.14 bits per heavy atom. The molecule has 22 heavy (non-hydrogen) atoms. The number of halogens is 2. The van der Waals surface area contributed by atoms with Crippen molar-refractivity contribution in [3.8, 4) is 0 Å². The molecule has 0 unspecified atom stereocenters. The summed E-state index contributed by atoms with van der Waals surface area (Å²) in [4.78, 5) is 14.1. The summed E-state index contributed by atoms with van der Waals surface area (Å²) in [6.07, 6.45) is -1.16. The maximum absolute atomic E-state index is 13.1. The average Bonchev–Trinajstić information content (AvgIpc) is 2.75. The number of hydrogen-bond donors (Lipinski definition) is 2. The molecule has 0 bridgehead atoms. The first-order chi connectivity index (χ1) is 10.3. The van der Waals surface area contributed by atoms with E-state index in [4.69, 9.17) is 0 Å². The Kier molecular flexibility index (Phi) is 4.36. The lowest BCUT2D eigenvalue weighted by atomic mass is 10.1. The van der Waals surface area contributed by atoms with Gasteiger partial charge in [-0.3, -0.25) is 4.57 Å². The number of imidazole rings is 1. The zero-order valence-electron chi connectivity index (χ0n) is 11.9. The Hall–Kier alpha value is -2.55. The normalized spacial score (nSPS) is 12.2. The molecule has 118 valence electrons. The summed E-state index contributed by atoms with van der Waals surface area (Å²) >= 11 is 0. The fourth-order valence-corrected chi connectivity index (χ4v) is 1.95. The Labute approximate surface area is 124 Å². The predicted octanol–water partition coefficient (Wildman–Crippen LogP) is 2.06. The van der Waals surface area contributed by atoms with Crippen LogP contribution in [0.15, 0.2) is 18.2 Å². The van der Waals surface area contributed by atoms with Gasteiger partial charge in [-0.1, -0.05) is 6.07 Å². The second kappa shape index (κ2) is 6.06. The molecule has 0 aliphatic carbocycles. The van der Waals surface area contributed by atoms with Crippen molar-refractivity contribution >= 4 is 11.6 Å². The quantitative estimate of drug-likeness (QED) is 0.651. The van der Waals surface area contributed by atoms with Crippen LogP contribution in [-0.4, -0.2) is 26.1 Å². The molecule has 1 aromatic heterocycles. The number of nitro groups is 1. The highest BCUT2D eigenvalue weighted by atomic mass is 19.2. The highest BCUT2D eigenvalue weighted by Crippen LogP contribution is 2.25. The summed E-state index contributed by atoms with van der Waals surface area (Å²) in [6, 6.07) is 3.03. The Morgan fingerprint density at radius 3 is 2.73 bits per heavy atom. The van der Waals surface area contributed by atoms with E-state index < -0.39 is 22.7 Å². The highest BCUT2D eigenvalue weighted by molar-refractivity contribution is 5.53. The van der Waals surface area contributed by atoms with Crippen molar-refractivity contribution in [1.82, 2.24) is 9.55 Å². The Balaban J connectivity index is 2.16. The van der Waals surface area contributed by atoms with Gasteiger partial charge in [0.25, 0.3) is 0 Å². The van der Waals surface area contributed by atoms with Crippen molar-refractivity contribution in [2.75, 3.05) is 11.9 Å². The van der Waals surface area contributed by atoms with Crippen LogP contribution in [0, 0.1) is 28.7 Å². The molecular formula is C13H14F2N4O3. The lowest BCUT2D eigenvalue weighted by molar-refractivity contribution is -0.388. The van der Waals surface area contributed by atoms with Crippen molar-refractivity contribution in [3.63, 3.8) is 0 Å². The van der Waals surface area contributed by atoms with Crippen LogP contribution in [0.1, 0.15) is 17.5 Å². The molecule has 2 rings (SSSR count). The van der Waals surface area contributed by atoms with Gasteiger partial charge in [-0.2, -0.15) is 0 Å². The second-order valence-electron chi connectivity index (χ2n) is 4.72. The Bertz CT molecular complexity index is 718. The molecule has 2 N–H and O–H groups in total. The van der Waals surface area contributed by atoms with Gasteiger partial charge in [0.05, 0.1) is 6.10 Å². The molecule has 0 amide bonds. The molecule has 0 aliphatic heterocycles. The number of hydrogen-bond acceptors (Lipinski definition) is 5. The lowest BCUT2D eigenvalue weighted by Crippen LogP contribution is -2.15. The minimum absolute atomic E-state index is 0.120. The maximum atomic E-state index is 13.1. The number of aliphatic hydroxyl groups is 1. The molecule has 2 aromatic rings. The summed E-state index contributed by atoms with van der Waals surface area (Å²) in [7, 11) is 1.58. The van der Waals surface area contributed by atoms with Crippen LogP contribution in [0.2, 0.25) is 0 Å². The first-order valence-electron chi connectivity index (χ1n) is 6.36. The molecule has 0 saturated carbocycles. The number of nitrogens with zero attached hydrogens (tertiary/aromatic N) is 3. The third-order valence-electron chi connectivity index (χ3n) is 3.26. The van der Waals surface area contributed by atoms with E-state index in [-0.39, 0.29) is 23.7 Å². The van der Waals surface area contributed by atoms with Crippen molar-refractivity contribution in [3.05, 3.63) is 51.3 Å². The fraction of sp³-hybridized carbons (Fsp3) is 0.308. The number of rotatable bonds is 5. The molecule has 0 saturated heterocycles. The van der Waals surface area contributed by atoms with Crippen LogP contribution >= 0.6 is 0 Å². The van der Waals surface area contributed by atoms with Crippen LogP contribution < -0.4 is 5.32 Å². The third-order valence-corrected chi connectivity index (χ3v) is 3.26. The van der Waals surface area contributed by atoms with E-state index in [0.29, 0.717) is 5.82 Å². The van der Waals surface area contributed by atoms with Gasteiger partial charge in [-0.05, 0) is 27.6 Å². The molecule has 1 heterocycles. The van der Waals surface area contributed by atoms with E-state index in [1.54, 1.807) is 14.0 Å². The average molecular weight is 312 g/mol. The zero-order valence-corrected chi connectivity index (χ0v) is 11.9. The minimum atomic E-state index is -1.16. The molecule has 0 fully saturated rings. The number of nitrogens with one attached hydrogen (secondary N) is 1. The fourth-order valence-electron chi connectivity index (χ4n) is 1.95. The van der Waals surface area contributed by atoms with E-state index in [2.05, 4.69) is 10.3 Å². The molecule has 7 nitrogen and oxygen atoms in total. The molecule has 0 spiro atoms. The minimum Gasteiger partial charge on any atom is -0.387 e. The predicted molar refractivity (Wildman–Crippen MR) is 74.4 cm³/mol. The van der Waals surface area contributed by atoms with Crippen LogP contribution in [0.4, 0.5) is 20.4 Å². The first-order valence-corrected chi connectivity index (χ1v) is 6.36. The van der Waals surface area contributed by atoms with E-state index in [0.717, 1.165) is 12.1 Å². The van der Waals surface area contributed by atoms with Crippen molar-refractivity contribution < 1.29 is 18.8 Å². The number of aryl methyl sites for hydroxylation is 1. The SMILES string of the molecule is Cc1nc([N+](=O)[O-])c(NC[C@@H](O)c2ccc(F)c(F)c2)n1C. The third kappa shape index (κ3) is 3.03. The number of benzene rings is 1. The lowest BCUT2D eigenvalue weighted by Gasteiger charge is -2.13. The standard InChI is InChI=1S/C13H14F2N4O3/c1-7-17-13(19(21)22)12(18(7)2)16-6-11(20)8-3-4-9(14)10(15)5-8/h3-5,11,16,20H,6H2,1-2H3/t11-/m1/s1. The monoisotopic (exact) mass is 312 g/mol. The van der Waals surface area contributed by atoms with Crippen LogP contribution in [0.3, 0.4) is 0 Å². The first kappa shape index (κ1) is 15.8. The molecule has 1 aromatic carbocycles. The molecule has 1 atom stereocenters.